The number of nitrogens with zero attached hydrogens (tertiary/aromatic N) is 3. The van der Waals surface area contributed by atoms with Crippen LogP contribution < -0.4 is 25.7 Å². The van der Waals surface area contributed by atoms with Gasteiger partial charge >= 0.3 is 0 Å². The number of amides is 1. The van der Waals surface area contributed by atoms with Crippen LogP contribution in [0.4, 0.5) is 5.82 Å². The van der Waals surface area contributed by atoms with Crippen LogP contribution in [-0.2, 0) is 17.9 Å². The summed E-state index contributed by atoms with van der Waals surface area (Å²) in [5.74, 6) is 1.90. The van der Waals surface area contributed by atoms with Crippen molar-refractivity contribution in [1.29, 1.82) is 0 Å². The first-order valence-corrected chi connectivity index (χ1v) is 11.2. The van der Waals surface area contributed by atoms with Crippen molar-refractivity contribution in [2.24, 2.45) is 0 Å². The number of fused-ring (bicyclic) bond motifs is 1. The summed E-state index contributed by atoms with van der Waals surface area (Å²) >= 11 is 0. The number of rotatable bonds is 9. The van der Waals surface area contributed by atoms with Crippen molar-refractivity contribution < 1.29 is 14.3 Å². The number of hydrogen-bond donors (Lipinski definition) is 2. The summed E-state index contributed by atoms with van der Waals surface area (Å²) in [7, 11) is 3.22. The van der Waals surface area contributed by atoms with Gasteiger partial charge in [-0.2, -0.15) is 0 Å². The molecule has 180 valence electrons. The molecule has 0 aliphatic rings. The summed E-state index contributed by atoms with van der Waals surface area (Å²) in [5, 5.41) is 6.03. The molecular formula is C26H27N5O4. The van der Waals surface area contributed by atoms with E-state index in [0.717, 1.165) is 11.3 Å². The molecule has 1 amide bonds. The van der Waals surface area contributed by atoms with Gasteiger partial charge in [0.1, 0.15) is 28.5 Å². The largest absolute Gasteiger partial charge is 0.497 e. The highest BCUT2D eigenvalue weighted by molar-refractivity contribution is 5.76. The standard InChI is InChI=1S/C26H27N5O4/c1-17(32)27-13-14-31-25-22(29-24(26(31)33)19-7-9-20(34-2)10-8-19)11-12-23(30-25)28-16-18-5-4-6-21(15-18)35-3/h4-12,15H,13-14,16H2,1-3H3,(H,27,32)(H,28,30). The highest BCUT2D eigenvalue weighted by Crippen LogP contribution is 2.21. The molecule has 2 aromatic heterocycles. The average molecular weight is 474 g/mol. The first-order valence-electron chi connectivity index (χ1n) is 11.2. The number of ether oxygens (including phenoxy) is 2. The summed E-state index contributed by atoms with van der Waals surface area (Å²) in [6, 6.07) is 18.6. The Labute approximate surface area is 202 Å². The third kappa shape index (κ3) is 5.57. The maximum Gasteiger partial charge on any atom is 0.278 e. The fourth-order valence-electron chi connectivity index (χ4n) is 3.68. The molecule has 0 spiro atoms. The van der Waals surface area contributed by atoms with E-state index in [0.29, 0.717) is 47.1 Å². The molecule has 0 bridgehead atoms. The van der Waals surface area contributed by atoms with Crippen LogP contribution in [0.15, 0.2) is 65.5 Å². The lowest BCUT2D eigenvalue weighted by molar-refractivity contribution is -0.118. The van der Waals surface area contributed by atoms with Gasteiger partial charge in [0.05, 0.1) is 14.2 Å². The smallest absolute Gasteiger partial charge is 0.278 e. The molecule has 0 fully saturated rings. The van der Waals surface area contributed by atoms with E-state index < -0.39 is 0 Å². The van der Waals surface area contributed by atoms with E-state index in [1.165, 1.54) is 6.92 Å². The SMILES string of the molecule is COc1ccc(-c2nc3ccc(NCc4cccc(OC)c4)nc3n(CCNC(C)=O)c2=O)cc1. The quantitative estimate of drug-likeness (QED) is 0.384. The van der Waals surface area contributed by atoms with E-state index in [4.69, 9.17) is 9.47 Å². The molecule has 9 nitrogen and oxygen atoms in total. The Balaban J connectivity index is 1.71. The number of carbonyl (C=O) groups excluding carboxylic acids is 1. The van der Waals surface area contributed by atoms with Crippen molar-refractivity contribution in [2.75, 3.05) is 26.1 Å². The second kappa shape index (κ2) is 10.7. The van der Waals surface area contributed by atoms with E-state index in [2.05, 4.69) is 20.6 Å². The first-order chi connectivity index (χ1) is 17.0. The predicted octanol–water partition coefficient (Wildman–Crippen LogP) is 3.22. The van der Waals surface area contributed by atoms with Gasteiger partial charge in [-0.3, -0.25) is 14.2 Å². The van der Waals surface area contributed by atoms with E-state index in [1.54, 1.807) is 43.1 Å². The van der Waals surface area contributed by atoms with Gasteiger partial charge in [0.2, 0.25) is 5.91 Å². The minimum absolute atomic E-state index is 0.166. The summed E-state index contributed by atoms with van der Waals surface area (Å²) in [5.41, 5.74) is 2.74. The van der Waals surface area contributed by atoms with Crippen LogP contribution in [0.2, 0.25) is 0 Å². The minimum atomic E-state index is -0.287. The molecule has 2 heterocycles. The monoisotopic (exact) mass is 473 g/mol. The number of aromatic nitrogens is 3. The molecule has 0 unspecified atom stereocenters. The molecule has 0 saturated carbocycles. The van der Waals surface area contributed by atoms with Gasteiger partial charge in [0.15, 0.2) is 5.65 Å². The van der Waals surface area contributed by atoms with Crippen LogP contribution in [-0.4, -0.2) is 41.2 Å². The van der Waals surface area contributed by atoms with Crippen molar-refractivity contribution in [1.82, 2.24) is 19.9 Å². The molecule has 2 N–H and O–H groups in total. The summed E-state index contributed by atoms with van der Waals surface area (Å²) < 4.78 is 12.0. The highest BCUT2D eigenvalue weighted by Gasteiger charge is 2.15. The van der Waals surface area contributed by atoms with Gasteiger partial charge in [0, 0.05) is 32.1 Å². The van der Waals surface area contributed by atoms with E-state index in [9.17, 15) is 9.59 Å². The Morgan fingerprint density at radius 2 is 1.74 bits per heavy atom. The number of methoxy groups -OCH3 is 2. The molecule has 0 aliphatic carbocycles. The highest BCUT2D eigenvalue weighted by atomic mass is 16.5. The Morgan fingerprint density at radius 3 is 2.46 bits per heavy atom. The Kier molecular flexibility index (Phi) is 7.25. The molecule has 0 saturated heterocycles. The van der Waals surface area contributed by atoms with Gasteiger partial charge in [-0.15, -0.1) is 0 Å². The topological polar surface area (TPSA) is 107 Å². The van der Waals surface area contributed by atoms with Gasteiger partial charge in [-0.05, 0) is 54.1 Å². The van der Waals surface area contributed by atoms with Crippen LogP contribution >= 0.6 is 0 Å². The fraction of sp³-hybridized carbons (Fsp3) is 0.231. The lowest BCUT2D eigenvalue weighted by atomic mass is 10.1. The molecule has 2 aromatic carbocycles. The maximum atomic E-state index is 13.5. The molecule has 9 heteroatoms. The van der Waals surface area contributed by atoms with Gasteiger partial charge < -0.3 is 20.1 Å². The van der Waals surface area contributed by atoms with E-state index in [-0.39, 0.29) is 18.0 Å². The van der Waals surface area contributed by atoms with Crippen LogP contribution in [0.3, 0.4) is 0 Å². The van der Waals surface area contributed by atoms with Crippen LogP contribution in [0.25, 0.3) is 22.4 Å². The maximum absolute atomic E-state index is 13.5. The minimum Gasteiger partial charge on any atom is -0.497 e. The predicted molar refractivity (Wildman–Crippen MR) is 135 cm³/mol. The van der Waals surface area contributed by atoms with Crippen molar-refractivity contribution in [3.63, 3.8) is 0 Å². The van der Waals surface area contributed by atoms with Crippen molar-refractivity contribution in [3.8, 4) is 22.8 Å². The zero-order valence-electron chi connectivity index (χ0n) is 19.9. The van der Waals surface area contributed by atoms with Gasteiger partial charge in [0.25, 0.3) is 5.56 Å². The fourth-order valence-corrected chi connectivity index (χ4v) is 3.68. The van der Waals surface area contributed by atoms with Gasteiger partial charge in [-0.25, -0.2) is 9.97 Å². The summed E-state index contributed by atoms with van der Waals surface area (Å²) in [4.78, 5) is 34.1. The van der Waals surface area contributed by atoms with Crippen molar-refractivity contribution >= 4 is 22.9 Å². The number of hydrogen-bond acceptors (Lipinski definition) is 7. The Hall–Kier alpha value is -4.40. The number of anilines is 1. The van der Waals surface area contributed by atoms with E-state index >= 15 is 0 Å². The lowest BCUT2D eigenvalue weighted by Gasteiger charge is -2.14. The molecule has 4 rings (SSSR count). The Bertz CT molecular complexity index is 1400. The molecule has 0 atom stereocenters. The number of nitrogens with one attached hydrogen (secondary N) is 2. The summed E-state index contributed by atoms with van der Waals surface area (Å²) in [6.07, 6.45) is 0. The van der Waals surface area contributed by atoms with Crippen molar-refractivity contribution in [3.05, 3.63) is 76.6 Å². The average Bonchev–Trinajstić information content (AvgIpc) is 2.88. The first kappa shape index (κ1) is 23.7. The van der Waals surface area contributed by atoms with Crippen molar-refractivity contribution in [2.45, 2.75) is 20.0 Å². The molecule has 4 aromatic rings. The zero-order valence-corrected chi connectivity index (χ0v) is 19.9. The van der Waals surface area contributed by atoms with Crippen LogP contribution in [0, 0.1) is 0 Å². The number of benzene rings is 2. The molecular weight excluding hydrogens is 446 g/mol. The molecule has 0 aliphatic heterocycles. The third-order valence-corrected chi connectivity index (χ3v) is 5.47. The van der Waals surface area contributed by atoms with E-state index in [1.807, 2.05) is 36.4 Å². The number of pyridine rings is 1. The third-order valence-electron chi connectivity index (χ3n) is 5.47. The molecule has 0 radical (unpaired) electrons. The molecule has 35 heavy (non-hydrogen) atoms. The second-order valence-corrected chi connectivity index (χ2v) is 7.87. The number of carbonyl (C=O) groups is 1. The lowest BCUT2D eigenvalue weighted by Crippen LogP contribution is -2.31. The van der Waals surface area contributed by atoms with Crippen LogP contribution in [0.1, 0.15) is 12.5 Å². The summed E-state index contributed by atoms with van der Waals surface area (Å²) in [6.45, 7) is 2.52. The normalized spacial score (nSPS) is 10.7. The van der Waals surface area contributed by atoms with Crippen LogP contribution in [0.5, 0.6) is 11.5 Å². The zero-order chi connectivity index (χ0) is 24.8. The van der Waals surface area contributed by atoms with Gasteiger partial charge in [-0.1, -0.05) is 12.1 Å². The second-order valence-electron chi connectivity index (χ2n) is 7.87. The Morgan fingerprint density at radius 1 is 0.971 bits per heavy atom.